The van der Waals surface area contributed by atoms with E-state index in [0.717, 1.165) is 22.6 Å². The number of hydrogen-bond acceptors (Lipinski definition) is 4. The van der Waals surface area contributed by atoms with Crippen molar-refractivity contribution >= 4 is 21.6 Å². The van der Waals surface area contributed by atoms with Crippen LogP contribution in [0.15, 0.2) is 29.2 Å². The Kier molecular flexibility index (Phi) is 4.02. The van der Waals surface area contributed by atoms with E-state index in [9.17, 15) is 13.2 Å². The number of fused-ring (bicyclic) bond motifs is 1. The van der Waals surface area contributed by atoms with E-state index in [4.69, 9.17) is 0 Å². The minimum absolute atomic E-state index is 0.0619. The fourth-order valence-electron chi connectivity index (χ4n) is 3.28. The van der Waals surface area contributed by atoms with Gasteiger partial charge in [0.15, 0.2) is 9.84 Å². The van der Waals surface area contributed by atoms with Crippen LogP contribution >= 0.6 is 0 Å². The molecule has 1 aliphatic rings. The van der Waals surface area contributed by atoms with Gasteiger partial charge < -0.3 is 5.32 Å². The summed E-state index contributed by atoms with van der Waals surface area (Å²) in [5.74, 6) is 0.520. The van der Waals surface area contributed by atoms with Gasteiger partial charge in [-0.2, -0.15) is 5.10 Å². The highest BCUT2D eigenvalue weighted by molar-refractivity contribution is 7.90. The molecule has 0 bridgehead atoms. The van der Waals surface area contributed by atoms with Crippen molar-refractivity contribution in [3.05, 3.63) is 41.1 Å². The van der Waals surface area contributed by atoms with Gasteiger partial charge in [0, 0.05) is 36.6 Å². The van der Waals surface area contributed by atoms with Gasteiger partial charge >= 0.3 is 0 Å². The Labute approximate surface area is 148 Å². The second-order valence-corrected chi connectivity index (χ2v) is 9.65. The minimum atomic E-state index is -3.24. The van der Waals surface area contributed by atoms with Crippen molar-refractivity contribution in [2.45, 2.75) is 43.4 Å². The maximum absolute atomic E-state index is 12.2. The molecule has 1 unspecified atom stereocenters. The highest BCUT2D eigenvalue weighted by atomic mass is 32.2. The van der Waals surface area contributed by atoms with Gasteiger partial charge in [0.25, 0.3) is 0 Å². The number of nitrogens with one attached hydrogen (secondary N) is 1. The number of hydrogen-bond donors (Lipinski definition) is 1. The van der Waals surface area contributed by atoms with E-state index < -0.39 is 9.84 Å². The summed E-state index contributed by atoms with van der Waals surface area (Å²) in [7, 11) is -1.42. The van der Waals surface area contributed by atoms with Crippen molar-refractivity contribution in [2.24, 2.45) is 7.05 Å². The highest BCUT2D eigenvalue weighted by Gasteiger charge is 2.36. The number of benzene rings is 1. The number of aromatic nitrogens is 2. The number of aryl methyl sites for hydroxylation is 1. The van der Waals surface area contributed by atoms with Crippen LogP contribution in [-0.2, 0) is 27.1 Å². The van der Waals surface area contributed by atoms with Gasteiger partial charge in [-0.15, -0.1) is 0 Å². The SMILES string of the molecule is Cn1nc(C(C)(C)C)c2c1NC(=O)CC2c1ccc(S(C)(=O)=O)cc1. The summed E-state index contributed by atoms with van der Waals surface area (Å²) < 4.78 is 25.1. The molecule has 1 atom stereocenters. The molecule has 2 aromatic rings. The standard InChI is InChI=1S/C18H23N3O3S/c1-18(2,3)16-15-13(10-14(22)19-17(15)21(4)20-16)11-6-8-12(9-7-11)25(5,23)24/h6-9,13H,10H2,1-5H3,(H,19,22). The summed E-state index contributed by atoms with van der Waals surface area (Å²) >= 11 is 0. The molecule has 0 fully saturated rings. The third kappa shape index (κ3) is 3.20. The molecule has 134 valence electrons. The third-order valence-electron chi connectivity index (χ3n) is 4.50. The first-order chi connectivity index (χ1) is 11.5. The lowest BCUT2D eigenvalue weighted by Gasteiger charge is -2.27. The van der Waals surface area contributed by atoms with Crippen molar-refractivity contribution in [2.75, 3.05) is 11.6 Å². The van der Waals surface area contributed by atoms with Gasteiger partial charge in [-0.1, -0.05) is 32.9 Å². The van der Waals surface area contributed by atoms with Crippen molar-refractivity contribution in [1.29, 1.82) is 0 Å². The summed E-state index contributed by atoms with van der Waals surface area (Å²) in [4.78, 5) is 12.5. The topological polar surface area (TPSA) is 81.1 Å². The molecule has 7 heteroatoms. The Morgan fingerprint density at radius 3 is 2.32 bits per heavy atom. The number of anilines is 1. The number of carbonyl (C=O) groups excluding carboxylic acids is 1. The first-order valence-electron chi connectivity index (χ1n) is 8.15. The molecule has 25 heavy (non-hydrogen) atoms. The molecule has 3 rings (SSSR count). The number of amides is 1. The quantitative estimate of drug-likeness (QED) is 0.891. The molecule has 0 saturated carbocycles. The van der Waals surface area contributed by atoms with Crippen LogP contribution in [0.5, 0.6) is 0 Å². The minimum Gasteiger partial charge on any atom is -0.311 e. The molecule has 2 heterocycles. The Balaban J connectivity index is 2.15. The maximum atomic E-state index is 12.2. The van der Waals surface area contributed by atoms with Gasteiger partial charge in [-0.3, -0.25) is 9.48 Å². The monoisotopic (exact) mass is 361 g/mol. The average Bonchev–Trinajstić information content (AvgIpc) is 2.83. The van der Waals surface area contributed by atoms with E-state index in [1.807, 2.05) is 7.05 Å². The van der Waals surface area contributed by atoms with Crippen molar-refractivity contribution in [3.63, 3.8) is 0 Å². The molecule has 0 spiro atoms. The van der Waals surface area contributed by atoms with Gasteiger partial charge in [-0.25, -0.2) is 8.42 Å². The summed E-state index contributed by atoms with van der Waals surface area (Å²) in [6.45, 7) is 6.28. The molecule has 6 nitrogen and oxygen atoms in total. The molecule has 1 N–H and O–H groups in total. The highest BCUT2D eigenvalue weighted by Crippen LogP contribution is 2.42. The number of rotatable bonds is 2. The van der Waals surface area contributed by atoms with E-state index in [1.165, 1.54) is 6.26 Å². The maximum Gasteiger partial charge on any atom is 0.226 e. The summed E-state index contributed by atoms with van der Waals surface area (Å²) in [5.41, 5.74) is 2.71. The van der Waals surface area contributed by atoms with E-state index in [-0.39, 0.29) is 22.1 Å². The zero-order chi connectivity index (χ0) is 18.6. The molecule has 1 aliphatic heterocycles. The fourth-order valence-corrected chi connectivity index (χ4v) is 3.91. The Bertz CT molecular complexity index is 935. The van der Waals surface area contributed by atoms with E-state index in [1.54, 1.807) is 28.9 Å². The van der Waals surface area contributed by atoms with Gasteiger partial charge in [0.2, 0.25) is 5.91 Å². The summed E-state index contributed by atoms with van der Waals surface area (Å²) in [6.07, 6.45) is 1.51. The second-order valence-electron chi connectivity index (χ2n) is 7.63. The van der Waals surface area contributed by atoms with E-state index in [2.05, 4.69) is 31.2 Å². The normalized spacial score (nSPS) is 18.0. The Morgan fingerprint density at radius 2 is 1.80 bits per heavy atom. The smallest absolute Gasteiger partial charge is 0.226 e. The second kappa shape index (κ2) is 5.69. The lowest BCUT2D eigenvalue weighted by Crippen LogP contribution is -2.26. The summed E-state index contributed by atoms with van der Waals surface area (Å²) in [5, 5.41) is 7.56. The lowest BCUT2D eigenvalue weighted by atomic mass is 9.79. The van der Waals surface area contributed by atoms with E-state index in [0.29, 0.717) is 6.42 Å². The number of carbonyl (C=O) groups is 1. The predicted molar refractivity (Wildman–Crippen MR) is 96.5 cm³/mol. The van der Waals surface area contributed by atoms with Crippen LogP contribution in [0.2, 0.25) is 0 Å². The molecule has 1 aromatic carbocycles. The number of nitrogens with zero attached hydrogens (tertiary/aromatic N) is 2. The lowest BCUT2D eigenvalue weighted by molar-refractivity contribution is -0.116. The molecular formula is C18H23N3O3S. The number of sulfone groups is 1. The van der Waals surface area contributed by atoms with Crippen LogP contribution in [0, 0.1) is 0 Å². The van der Waals surface area contributed by atoms with Gasteiger partial charge in [0.05, 0.1) is 10.6 Å². The molecule has 0 aliphatic carbocycles. The molecule has 1 aromatic heterocycles. The largest absolute Gasteiger partial charge is 0.311 e. The molecule has 1 amide bonds. The van der Waals surface area contributed by atoms with Crippen molar-refractivity contribution < 1.29 is 13.2 Å². The molecule has 0 saturated heterocycles. The van der Waals surface area contributed by atoms with Crippen LogP contribution in [0.4, 0.5) is 5.82 Å². The summed E-state index contributed by atoms with van der Waals surface area (Å²) in [6, 6.07) is 6.79. The Morgan fingerprint density at radius 1 is 1.20 bits per heavy atom. The fraction of sp³-hybridized carbons (Fsp3) is 0.444. The van der Waals surface area contributed by atoms with Gasteiger partial charge in [0.1, 0.15) is 5.82 Å². The average molecular weight is 361 g/mol. The molecule has 0 radical (unpaired) electrons. The Hall–Kier alpha value is -2.15. The van der Waals surface area contributed by atoms with Crippen molar-refractivity contribution in [3.8, 4) is 0 Å². The first-order valence-corrected chi connectivity index (χ1v) is 10.0. The first kappa shape index (κ1) is 17.7. The van der Waals surface area contributed by atoms with Gasteiger partial charge in [-0.05, 0) is 17.7 Å². The van der Waals surface area contributed by atoms with Crippen molar-refractivity contribution in [1.82, 2.24) is 9.78 Å². The van der Waals surface area contributed by atoms with E-state index >= 15 is 0 Å². The van der Waals surface area contributed by atoms with Crippen LogP contribution in [-0.4, -0.2) is 30.4 Å². The zero-order valence-corrected chi connectivity index (χ0v) is 15.9. The predicted octanol–water partition coefficient (Wildman–Crippen LogP) is 2.60. The van der Waals surface area contributed by atoms with Crippen LogP contribution in [0.3, 0.4) is 0 Å². The van der Waals surface area contributed by atoms with Crippen LogP contribution in [0.1, 0.15) is 49.9 Å². The van der Waals surface area contributed by atoms with Crippen LogP contribution in [0.25, 0.3) is 0 Å². The molecular weight excluding hydrogens is 338 g/mol. The van der Waals surface area contributed by atoms with Crippen LogP contribution < -0.4 is 5.32 Å². The zero-order valence-electron chi connectivity index (χ0n) is 15.1. The third-order valence-corrected chi connectivity index (χ3v) is 5.63.